The third-order valence-corrected chi connectivity index (χ3v) is 5.65. The number of anilines is 1. The number of carbonyl (C=O) groups excluding carboxylic acids is 1. The molecular weight excluding hydrogens is 444 g/mol. The predicted octanol–water partition coefficient (Wildman–Crippen LogP) is 4.81. The van der Waals surface area contributed by atoms with Crippen molar-refractivity contribution in [2.45, 2.75) is 6.92 Å². The zero-order valence-electron chi connectivity index (χ0n) is 18.3. The average Bonchev–Trinajstić information content (AvgIpc) is 3.30. The molecule has 3 N–H and O–H groups in total. The van der Waals surface area contributed by atoms with Gasteiger partial charge in [0.1, 0.15) is 5.69 Å². The average molecular weight is 465 g/mol. The topological polar surface area (TPSA) is 98.7 Å². The minimum atomic E-state index is -0.505. The Balaban J connectivity index is 1.58. The number of aromatic nitrogens is 4. The number of amides is 1. The number of fused-ring (bicyclic) bond motifs is 1. The van der Waals surface area contributed by atoms with E-state index in [1.807, 2.05) is 61.7 Å². The van der Waals surface area contributed by atoms with Gasteiger partial charge >= 0.3 is 0 Å². The lowest BCUT2D eigenvalue weighted by molar-refractivity contribution is 0.100. The number of benzene rings is 2. The molecule has 0 saturated heterocycles. The third-order valence-electron chi connectivity index (χ3n) is 5.37. The van der Waals surface area contributed by atoms with Crippen LogP contribution in [-0.4, -0.2) is 30.8 Å². The van der Waals surface area contributed by atoms with Gasteiger partial charge in [0, 0.05) is 40.3 Å². The van der Waals surface area contributed by atoms with Crippen LogP contribution in [0.2, 0.25) is 0 Å². The van der Waals surface area contributed by atoms with Crippen LogP contribution < -0.4 is 11.1 Å². The molecule has 34 heavy (non-hydrogen) atoms. The Bertz CT molecular complexity index is 1560. The van der Waals surface area contributed by atoms with Gasteiger partial charge in [-0.05, 0) is 73.2 Å². The molecule has 0 aliphatic heterocycles. The molecule has 0 radical (unpaired) electrons. The first-order valence-corrected chi connectivity index (χ1v) is 11.0. The molecule has 0 spiro atoms. The molecule has 0 fully saturated rings. The molecular formula is C26H20N6OS. The first-order chi connectivity index (χ1) is 16.5. The fourth-order valence-electron chi connectivity index (χ4n) is 3.73. The highest BCUT2D eigenvalue weighted by Crippen LogP contribution is 2.32. The van der Waals surface area contributed by atoms with Gasteiger partial charge in [-0.15, -0.1) is 0 Å². The monoisotopic (exact) mass is 464 g/mol. The van der Waals surface area contributed by atoms with Crippen molar-refractivity contribution >= 4 is 39.8 Å². The van der Waals surface area contributed by atoms with Crippen molar-refractivity contribution in [1.82, 2.24) is 19.7 Å². The fraction of sp³-hybridized carbons (Fsp3) is 0.0385. The fourth-order valence-corrected chi connectivity index (χ4v) is 3.94. The number of nitrogens with one attached hydrogen (secondary N) is 1. The van der Waals surface area contributed by atoms with Crippen molar-refractivity contribution in [3.05, 3.63) is 96.4 Å². The number of carbonyl (C=O) groups is 1. The summed E-state index contributed by atoms with van der Waals surface area (Å²) in [6.07, 6.45) is 3.66. The summed E-state index contributed by atoms with van der Waals surface area (Å²) in [5, 5.41) is 9.29. The third kappa shape index (κ3) is 4.26. The quantitative estimate of drug-likeness (QED) is 0.370. The molecule has 0 unspecified atom stereocenters. The number of rotatable bonds is 4. The Kier molecular flexibility index (Phi) is 5.57. The molecule has 3 heterocycles. The van der Waals surface area contributed by atoms with Gasteiger partial charge < -0.3 is 11.1 Å². The highest BCUT2D eigenvalue weighted by Gasteiger charge is 2.17. The van der Waals surface area contributed by atoms with Crippen LogP contribution in [0.25, 0.3) is 33.4 Å². The Morgan fingerprint density at radius 1 is 1.03 bits per heavy atom. The number of aryl methyl sites for hydroxylation is 1. The lowest BCUT2D eigenvalue weighted by atomic mass is 10.0. The van der Waals surface area contributed by atoms with E-state index in [0.717, 1.165) is 33.4 Å². The first-order valence-electron chi connectivity index (χ1n) is 10.6. The summed E-state index contributed by atoms with van der Waals surface area (Å²) in [6, 6.07) is 22.7. The first kappa shape index (κ1) is 21.4. The van der Waals surface area contributed by atoms with Crippen molar-refractivity contribution in [2.24, 2.45) is 5.73 Å². The van der Waals surface area contributed by atoms with Gasteiger partial charge in [-0.25, -0.2) is 4.68 Å². The van der Waals surface area contributed by atoms with Crippen LogP contribution in [0.3, 0.4) is 0 Å². The van der Waals surface area contributed by atoms with Crippen LogP contribution >= 0.6 is 12.2 Å². The highest BCUT2D eigenvalue weighted by molar-refractivity contribution is 7.80. The summed E-state index contributed by atoms with van der Waals surface area (Å²) >= 11 is 5.63. The molecule has 3 aromatic heterocycles. The molecule has 0 aliphatic rings. The molecule has 0 aliphatic carbocycles. The Labute approximate surface area is 201 Å². The molecule has 7 nitrogen and oxygen atoms in total. The van der Waals surface area contributed by atoms with Crippen LogP contribution in [-0.2, 0) is 0 Å². The number of nitrogens with two attached hydrogens (primary N) is 1. The number of thiocarbonyl (C=S) groups is 1. The SMILES string of the molecule is Cc1cccc(-c2nn(C(=S)Nc3cccc(C(N)=O)c3)cc2-c2ccc3ncccc3c2)n1. The van der Waals surface area contributed by atoms with Crippen LogP contribution in [0.4, 0.5) is 5.69 Å². The normalized spacial score (nSPS) is 10.9. The van der Waals surface area contributed by atoms with E-state index in [9.17, 15) is 4.79 Å². The Morgan fingerprint density at radius 2 is 1.88 bits per heavy atom. The van der Waals surface area contributed by atoms with E-state index in [4.69, 9.17) is 23.1 Å². The van der Waals surface area contributed by atoms with Crippen molar-refractivity contribution in [3.8, 4) is 22.5 Å². The van der Waals surface area contributed by atoms with E-state index in [-0.39, 0.29) is 0 Å². The van der Waals surface area contributed by atoms with Gasteiger partial charge in [-0.2, -0.15) is 5.10 Å². The lowest BCUT2D eigenvalue weighted by Crippen LogP contribution is -2.20. The number of hydrogen-bond donors (Lipinski definition) is 2. The van der Waals surface area contributed by atoms with Gasteiger partial charge in [0.05, 0.1) is 11.2 Å². The Morgan fingerprint density at radius 3 is 2.71 bits per heavy atom. The molecule has 166 valence electrons. The molecule has 5 aromatic rings. The summed E-state index contributed by atoms with van der Waals surface area (Å²) in [7, 11) is 0. The second-order valence-corrected chi connectivity index (χ2v) is 8.17. The van der Waals surface area contributed by atoms with E-state index >= 15 is 0 Å². The maximum Gasteiger partial charge on any atom is 0.248 e. The molecule has 8 heteroatoms. The summed E-state index contributed by atoms with van der Waals surface area (Å²) in [6.45, 7) is 1.94. The maximum absolute atomic E-state index is 11.5. The summed E-state index contributed by atoms with van der Waals surface area (Å²) in [5.41, 5.74) is 11.6. The van der Waals surface area contributed by atoms with E-state index < -0.39 is 5.91 Å². The van der Waals surface area contributed by atoms with E-state index in [0.29, 0.717) is 22.1 Å². The minimum absolute atomic E-state index is 0.351. The Hall–Kier alpha value is -4.43. The van der Waals surface area contributed by atoms with Crippen molar-refractivity contribution in [1.29, 1.82) is 0 Å². The van der Waals surface area contributed by atoms with Crippen LogP contribution in [0.5, 0.6) is 0 Å². The van der Waals surface area contributed by atoms with E-state index in [1.54, 1.807) is 29.1 Å². The number of nitrogens with zero attached hydrogens (tertiary/aromatic N) is 4. The zero-order valence-corrected chi connectivity index (χ0v) is 19.1. The lowest BCUT2D eigenvalue weighted by Gasteiger charge is -2.08. The molecule has 0 bridgehead atoms. The van der Waals surface area contributed by atoms with Gasteiger partial charge in [0.25, 0.3) is 0 Å². The zero-order chi connectivity index (χ0) is 23.7. The standard InChI is InChI=1S/C26H20N6OS/c1-16-5-2-9-23(29-16)24-21(17-10-11-22-18(13-17)7-4-12-28-22)15-32(31-24)26(34)30-20-8-3-6-19(14-20)25(27)33/h2-15H,1H3,(H2,27,33)(H,30,34). The largest absolute Gasteiger partial charge is 0.366 e. The number of pyridine rings is 2. The summed E-state index contributed by atoms with van der Waals surface area (Å²) in [4.78, 5) is 20.6. The second kappa shape index (κ2) is 8.84. The predicted molar refractivity (Wildman–Crippen MR) is 138 cm³/mol. The second-order valence-electron chi connectivity index (χ2n) is 7.79. The minimum Gasteiger partial charge on any atom is -0.366 e. The van der Waals surface area contributed by atoms with Crippen molar-refractivity contribution in [2.75, 3.05) is 5.32 Å². The number of hydrogen-bond acceptors (Lipinski definition) is 5. The molecule has 1 amide bonds. The van der Waals surface area contributed by atoms with Crippen LogP contribution in [0.15, 0.2) is 85.2 Å². The molecule has 2 aromatic carbocycles. The molecule has 0 atom stereocenters. The van der Waals surface area contributed by atoms with Crippen LogP contribution in [0.1, 0.15) is 16.1 Å². The van der Waals surface area contributed by atoms with Gasteiger partial charge in [0.15, 0.2) is 5.11 Å². The maximum atomic E-state index is 11.5. The van der Waals surface area contributed by atoms with Gasteiger partial charge in [0.2, 0.25) is 5.91 Å². The van der Waals surface area contributed by atoms with E-state index in [2.05, 4.69) is 21.4 Å². The van der Waals surface area contributed by atoms with Gasteiger partial charge in [-0.3, -0.25) is 14.8 Å². The smallest absolute Gasteiger partial charge is 0.248 e. The van der Waals surface area contributed by atoms with Crippen molar-refractivity contribution < 1.29 is 4.79 Å². The summed E-state index contributed by atoms with van der Waals surface area (Å²) < 4.78 is 1.61. The van der Waals surface area contributed by atoms with E-state index in [1.165, 1.54) is 0 Å². The van der Waals surface area contributed by atoms with Crippen LogP contribution in [0, 0.1) is 6.92 Å². The molecule has 5 rings (SSSR count). The number of primary amides is 1. The highest BCUT2D eigenvalue weighted by atomic mass is 32.1. The van der Waals surface area contributed by atoms with Gasteiger partial charge in [-0.1, -0.05) is 24.3 Å². The summed E-state index contributed by atoms with van der Waals surface area (Å²) in [5.74, 6) is -0.505. The van der Waals surface area contributed by atoms with Crippen molar-refractivity contribution in [3.63, 3.8) is 0 Å². The molecule has 0 saturated carbocycles.